The van der Waals surface area contributed by atoms with Crippen LogP contribution in [0.15, 0.2) is 61.1 Å². The lowest BCUT2D eigenvalue weighted by Crippen LogP contribution is -2.46. The minimum absolute atomic E-state index is 0.167. The number of nitrogens with two attached hydrogens (primary N) is 1. The highest BCUT2D eigenvalue weighted by atomic mass is 31.2. The molecule has 3 heterocycles. The molecule has 1 saturated heterocycles. The van der Waals surface area contributed by atoms with Gasteiger partial charge in [-0.2, -0.15) is 4.57 Å². The van der Waals surface area contributed by atoms with E-state index in [1.807, 2.05) is 30.3 Å². The number of benzene rings is 1. The Labute approximate surface area is 206 Å². The van der Waals surface area contributed by atoms with Crippen LogP contribution in [0.25, 0.3) is 0 Å². The first-order valence-corrected chi connectivity index (χ1v) is 12.5. The predicted molar refractivity (Wildman–Crippen MR) is 120 cm³/mol. The number of phosphoric acid groups is 1. The number of aromatic nitrogens is 4. The van der Waals surface area contributed by atoms with Crippen molar-refractivity contribution in [3.8, 4) is 0 Å². The number of primary amides is 1. The Hall–Kier alpha value is -3.03. The zero-order valence-electron chi connectivity index (χ0n) is 19.1. The van der Waals surface area contributed by atoms with Crippen LogP contribution < -0.4 is 15.2 Å². The fourth-order valence-corrected chi connectivity index (χ4v) is 4.39. The lowest BCUT2D eigenvalue weighted by molar-refractivity contribution is -0.765. The number of aliphatic hydroxyl groups excluding tert-OH is 2. The zero-order chi connectivity index (χ0) is 25.7. The van der Waals surface area contributed by atoms with E-state index in [2.05, 4.69) is 10.3 Å². The summed E-state index contributed by atoms with van der Waals surface area (Å²) >= 11 is 0. The number of amides is 1. The average molecular weight is 519 g/mol. The molecule has 1 aromatic carbocycles. The Kier molecular flexibility index (Phi) is 8.21. The van der Waals surface area contributed by atoms with Crippen LogP contribution >= 0.6 is 7.82 Å². The maximum absolute atomic E-state index is 12.2. The molecule has 2 aromatic heterocycles. The smallest absolute Gasteiger partial charge is 0.292 e. The summed E-state index contributed by atoms with van der Waals surface area (Å²) < 4.78 is 30.5. The Bertz CT molecular complexity index is 1230. The van der Waals surface area contributed by atoms with Crippen LogP contribution in [0.5, 0.6) is 0 Å². The number of carbonyl (C=O) groups excluding carboxylic acids is 1. The summed E-state index contributed by atoms with van der Waals surface area (Å²) in [5, 5.41) is 28.6. The molecule has 1 fully saturated rings. The molecule has 3 aromatic rings. The van der Waals surface area contributed by atoms with Crippen molar-refractivity contribution < 1.29 is 42.8 Å². The first kappa shape index (κ1) is 26.0. The first-order chi connectivity index (χ1) is 17.2. The van der Waals surface area contributed by atoms with Crippen LogP contribution in [-0.4, -0.2) is 62.6 Å². The van der Waals surface area contributed by atoms with Crippen molar-refractivity contribution in [2.75, 3.05) is 13.2 Å². The molecule has 1 unspecified atom stereocenters. The second-order valence-corrected chi connectivity index (χ2v) is 9.58. The largest absolute Gasteiger partial charge is 0.756 e. The quantitative estimate of drug-likeness (QED) is 0.211. The molecule has 0 bridgehead atoms. The average Bonchev–Trinajstić information content (AvgIpc) is 3.42. The first-order valence-electron chi connectivity index (χ1n) is 11.1. The molecule has 36 heavy (non-hydrogen) atoms. The molecule has 0 radical (unpaired) electrons. The van der Waals surface area contributed by atoms with Gasteiger partial charge >= 0.3 is 0 Å². The van der Waals surface area contributed by atoms with Crippen molar-refractivity contribution in [1.29, 1.82) is 0 Å². The number of nitrogens with zero attached hydrogens (tertiary/aromatic N) is 4. The third kappa shape index (κ3) is 6.59. The van der Waals surface area contributed by atoms with E-state index in [-0.39, 0.29) is 18.6 Å². The highest BCUT2D eigenvalue weighted by molar-refractivity contribution is 7.45. The lowest BCUT2D eigenvalue weighted by Gasteiger charge is -2.24. The number of ether oxygens (including phenoxy) is 1. The third-order valence-electron chi connectivity index (χ3n) is 5.52. The van der Waals surface area contributed by atoms with Crippen molar-refractivity contribution in [2.45, 2.75) is 37.5 Å². The minimum Gasteiger partial charge on any atom is -0.756 e. The van der Waals surface area contributed by atoms with E-state index in [1.165, 1.54) is 29.1 Å². The topological polar surface area (TPSA) is 186 Å². The van der Waals surface area contributed by atoms with Gasteiger partial charge in [-0.3, -0.25) is 9.36 Å². The maximum atomic E-state index is 12.2. The van der Waals surface area contributed by atoms with Crippen molar-refractivity contribution in [3.63, 3.8) is 0 Å². The number of hydrogen-bond acceptors (Lipinski definition) is 10. The fourth-order valence-electron chi connectivity index (χ4n) is 3.67. The summed E-state index contributed by atoms with van der Waals surface area (Å²) in [6.07, 6.45) is -0.367. The normalized spacial score (nSPS) is 23.4. The van der Waals surface area contributed by atoms with Gasteiger partial charge in [0.2, 0.25) is 0 Å². The predicted octanol–water partition coefficient (Wildman–Crippen LogP) is -0.924. The van der Waals surface area contributed by atoms with Crippen LogP contribution in [0.2, 0.25) is 0 Å². The van der Waals surface area contributed by atoms with Crippen molar-refractivity contribution in [1.82, 2.24) is 15.0 Å². The van der Waals surface area contributed by atoms with Crippen LogP contribution in [0.1, 0.15) is 27.8 Å². The second-order valence-electron chi connectivity index (χ2n) is 8.17. The number of pyridine rings is 1. The van der Waals surface area contributed by atoms with Gasteiger partial charge in [0.05, 0.1) is 25.5 Å². The third-order valence-corrected chi connectivity index (χ3v) is 6.48. The molecule has 14 heteroatoms. The van der Waals surface area contributed by atoms with Gasteiger partial charge < -0.3 is 34.6 Å². The van der Waals surface area contributed by atoms with E-state index >= 15 is 0 Å². The zero-order valence-corrected chi connectivity index (χ0v) is 20.0. The van der Waals surface area contributed by atoms with E-state index in [0.717, 1.165) is 5.56 Å². The molecule has 13 nitrogen and oxygen atoms in total. The standard InChI is InChI=1S/C22H26N5O8P/c23-21(30)16-7-4-9-26(12-16)22-20(29)19(28)18(35-22)14-34-36(31,32)33-10-8-17-13-27(25-24-17)11-15-5-2-1-3-6-15/h1-7,9,12-13,18-20,22,28-29H,8,10-11,14H2,(H2-,23,30,31,32)/t18-,19-,20-,22-/m1/s1. The lowest BCUT2D eigenvalue weighted by atomic mass is 10.1. The molecule has 5 atom stereocenters. The summed E-state index contributed by atoms with van der Waals surface area (Å²) in [6.45, 7) is -0.280. The van der Waals surface area contributed by atoms with Gasteiger partial charge in [-0.25, -0.2) is 4.68 Å². The van der Waals surface area contributed by atoms with Gasteiger partial charge in [0.15, 0.2) is 18.5 Å². The molecular formula is C22H26N5O8P. The maximum Gasteiger partial charge on any atom is 0.292 e. The summed E-state index contributed by atoms with van der Waals surface area (Å²) in [5.41, 5.74) is 7.02. The molecule has 4 rings (SSSR count). The molecule has 4 N–H and O–H groups in total. The summed E-state index contributed by atoms with van der Waals surface area (Å²) in [4.78, 5) is 23.6. The van der Waals surface area contributed by atoms with Crippen LogP contribution in [0.4, 0.5) is 0 Å². The van der Waals surface area contributed by atoms with E-state index < -0.39 is 44.9 Å². The Morgan fingerprint density at radius 2 is 1.97 bits per heavy atom. The highest BCUT2D eigenvalue weighted by Crippen LogP contribution is 2.39. The van der Waals surface area contributed by atoms with Crippen molar-refractivity contribution in [2.24, 2.45) is 5.73 Å². The second kappa shape index (κ2) is 11.4. The number of phosphoric ester groups is 1. The molecule has 1 aliphatic heterocycles. The van der Waals surface area contributed by atoms with Gasteiger partial charge in [0.25, 0.3) is 20.0 Å². The van der Waals surface area contributed by atoms with Crippen LogP contribution in [0.3, 0.4) is 0 Å². The number of rotatable bonds is 11. The van der Waals surface area contributed by atoms with Gasteiger partial charge in [-0.05, 0) is 11.6 Å². The van der Waals surface area contributed by atoms with Gasteiger partial charge in [-0.1, -0.05) is 35.5 Å². The van der Waals surface area contributed by atoms with Crippen molar-refractivity contribution >= 4 is 13.7 Å². The van der Waals surface area contributed by atoms with Gasteiger partial charge in [0, 0.05) is 18.7 Å². The van der Waals surface area contributed by atoms with Gasteiger partial charge in [0.1, 0.15) is 17.8 Å². The van der Waals surface area contributed by atoms with E-state index in [9.17, 15) is 24.5 Å². The molecule has 1 aliphatic rings. The molecule has 0 aliphatic carbocycles. The number of carbonyl (C=O) groups is 1. The van der Waals surface area contributed by atoms with Crippen molar-refractivity contribution in [3.05, 3.63) is 77.9 Å². The summed E-state index contributed by atoms with van der Waals surface area (Å²) in [6, 6.07) is 12.7. The van der Waals surface area contributed by atoms with E-state index in [1.54, 1.807) is 10.9 Å². The number of hydrogen-bond donors (Lipinski definition) is 3. The van der Waals surface area contributed by atoms with Gasteiger partial charge in [-0.15, -0.1) is 5.10 Å². The Balaban J connectivity index is 1.25. The highest BCUT2D eigenvalue weighted by Gasteiger charge is 2.48. The van der Waals surface area contributed by atoms with E-state index in [0.29, 0.717) is 12.2 Å². The Morgan fingerprint density at radius 3 is 2.72 bits per heavy atom. The fraction of sp³-hybridized carbons (Fsp3) is 0.364. The van der Waals surface area contributed by atoms with Crippen LogP contribution in [0, 0.1) is 0 Å². The Morgan fingerprint density at radius 1 is 1.19 bits per heavy atom. The SMILES string of the molecule is NC(=O)c1ccc[n+]([C@@H]2O[C@H](COP(=O)([O-])OCCc3cn(Cc4ccccc4)nn3)[C@@H](O)[C@H]2O)c1. The summed E-state index contributed by atoms with van der Waals surface area (Å²) in [5.74, 6) is -0.680. The molecule has 1 amide bonds. The molecule has 0 saturated carbocycles. The molecule has 0 spiro atoms. The summed E-state index contributed by atoms with van der Waals surface area (Å²) in [7, 11) is -4.73. The number of aliphatic hydroxyl groups is 2. The minimum atomic E-state index is -4.73. The van der Waals surface area contributed by atoms with E-state index in [4.69, 9.17) is 19.5 Å². The molecular weight excluding hydrogens is 493 g/mol. The molecule has 192 valence electrons. The monoisotopic (exact) mass is 519 g/mol. The van der Waals surface area contributed by atoms with Crippen LogP contribution in [-0.2, 0) is 31.3 Å².